The van der Waals surface area contributed by atoms with Gasteiger partial charge in [0.15, 0.2) is 6.23 Å². The maximum absolute atomic E-state index is 14.5. The Labute approximate surface area is 201 Å². The molecule has 7 nitrogen and oxygen atoms in total. The van der Waals surface area contributed by atoms with E-state index in [1.165, 1.54) is 16.3 Å². The van der Waals surface area contributed by atoms with Crippen LogP contribution in [0.3, 0.4) is 0 Å². The number of nitrogens with two attached hydrogens (primary N) is 1. The fraction of sp³-hybridized carbons (Fsp3) is 0.455. The first kappa shape index (κ1) is 25.5. The number of nitrogens with zero attached hydrogens (tertiary/aromatic N) is 3. The fourth-order valence-electron chi connectivity index (χ4n) is 3.87. The average molecular weight is 518 g/mol. The lowest BCUT2D eigenvalue weighted by Crippen LogP contribution is -2.32. The molecule has 35 heavy (non-hydrogen) atoms. The third kappa shape index (κ3) is 5.32. The minimum atomic E-state index is -3.41. The zero-order chi connectivity index (χ0) is 25.5. The smallest absolute Gasteiger partial charge is 0.270 e. The third-order valence-corrected chi connectivity index (χ3v) is 6.71. The lowest BCUT2D eigenvalue weighted by Gasteiger charge is -2.19. The molecular formula is C22H24F5N5O2S. The monoisotopic (exact) mass is 517 g/mol. The van der Waals surface area contributed by atoms with E-state index in [4.69, 9.17) is 10.5 Å². The van der Waals surface area contributed by atoms with Gasteiger partial charge in [-0.1, -0.05) is 0 Å². The molecule has 0 aliphatic carbocycles. The normalized spacial score (nSPS) is 22.1. The molecule has 13 heteroatoms. The molecule has 4 atom stereocenters. The van der Waals surface area contributed by atoms with Crippen LogP contribution in [-0.4, -0.2) is 38.7 Å². The van der Waals surface area contributed by atoms with Gasteiger partial charge in [0, 0.05) is 31.0 Å². The number of nitrogens with one attached hydrogen (secondary N) is 1. The van der Waals surface area contributed by atoms with Gasteiger partial charge in [-0.2, -0.15) is 5.10 Å². The van der Waals surface area contributed by atoms with Gasteiger partial charge in [0.25, 0.3) is 5.92 Å². The summed E-state index contributed by atoms with van der Waals surface area (Å²) in [7, 11) is 1.67. The summed E-state index contributed by atoms with van der Waals surface area (Å²) in [5, 5.41) is 19.0. The van der Waals surface area contributed by atoms with E-state index in [-0.39, 0.29) is 17.3 Å². The van der Waals surface area contributed by atoms with Gasteiger partial charge >= 0.3 is 0 Å². The quantitative estimate of drug-likeness (QED) is 0.328. The van der Waals surface area contributed by atoms with E-state index < -0.39 is 53.2 Å². The van der Waals surface area contributed by atoms with Gasteiger partial charge in [0.1, 0.15) is 34.6 Å². The van der Waals surface area contributed by atoms with E-state index in [1.54, 1.807) is 7.05 Å². The van der Waals surface area contributed by atoms with Crippen molar-refractivity contribution in [3.8, 4) is 10.6 Å². The molecule has 190 valence electrons. The zero-order valence-corrected chi connectivity index (χ0v) is 19.6. The number of rotatable bonds is 6. The molecule has 0 radical (unpaired) electrons. The van der Waals surface area contributed by atoms with Gasteiger partial charge in [0.2, 0.25) is 0 Å². The Morgan fingerprint density at radius 3 is 2.63 bits per heavy atom. The predicted molar refractivity (Wildman–Crippen MR) is 120 cm³/mol. The van der Waals surface area contributed by atoms with E-state index in [0.717, 1.165) is 11.3 Å². The number of aliphatic hydroxyl groups excluding tert-OH is 1. The Morgan fingerprint density at radius 2 is 1.97 bits per heavy atom. The Hall–Kier alpha value is -2.61. The Morgan fingerprint density at radius 1 is 1.29 bits per heavy atom. The van der Waals surface area contributed by atoms with Crippen LogP contribution in [0.4, 0.5) is 27.6 Å². The number of hydrogen-bond donors (Lipinski definition) is 3. The third-order valence-electron chi connectivity index (χ3n) is 5.83. The maximum Gasteiger partial charge on any atom is 0.270 e. The number of aromatic nitrogens is 3. The summed E-state index contributed by atoms with van der Waals surface area (Å²) in [4.78, 5) is 4.09. The van der Waals surface area contributed by atoms with Crippen LogP contribution in [0.1, 0.15) is 49.0 Å². The van der Waals surface area contributed by atoms with Crippen LogP contribution >= 0.6 is 11.3 Å². The Kier molecular flexibility index (Phi) is 7.13. The Balaban J connectivity index is 1.55. The summed E-state index contributed by atoms with van der Waals surface area (Å²) < 4.78 is 77.1. The fourth-order valence-corrected chi connectivity index (χ4v) is 4.76. The van der Waals surface area contributed by atoms with Crippen molar-refractivity contribution in [1.82, 2.24) is 14.8 Å². The van der Waals surface area contributed by atoms with E-state index in [1.807, 2.05) is 0 Å². The molecule has 0 amide bonds. The molecule has 3 aromatic rings. The molecule has 3 heterocycles. The first-order chi connectivity index (χ1) is 16.5. The van der Waals surface area contributed by atoms with E-state index in [2.05, 4.69) is 15.4 Å². The van der Waals surface area contributed by atoms with Crippen LogP contribution in [0.25, 0.3) is 10.6 Å². The number of aryl methyl sites for hydroxylation is 1. The van der Waals surface area contributed by atoms with E-state index >= 15 is 0 Å². The minimum Gasteiger partial charge on any atom is -0.369 e. The van der Waals surface area contributed by atoms with Crippen LogP contribution in [0.2, 0.25) is 0 Å². The van der Waals surface area contributed by atoms with Gasteiger partial charge in [-0.05, 0) is 25.0 Å². The summed E-state index contributed by atoms with van der Waals surface area (Å²) in [5.74, 6) is -5.78. The number of benzene rings is 1. The van der Waals surface area contributed by atoms with E-state index in [0.29, 0.717) is 43.3 Å². The highest BCUT2D eigenvalue weighted by Crippen LogP contribution is 2.37. The SMILES string of the molecule is Cn1ncc(NC(O)c2csc(-c3c(F)cc(C(C)(F)F)cc3F)n2)c1[C@@H]1CC[C@@H](N)[C@H](F)CO1. The number of aliphatic hydroxyl groups is 1. The molecule has 0 saturated carbocycles. The van der Waals surface area contributed by atoms with Crippen molar-refractivity contribution in [2.24, 2.45) is 12.8 Å². The van der Waals surface area contributed by atoms with E-state index in [9.17, 15) is 27.1 Å². The minimum absolute atomic E-state index is 0.0520. The van der Waals surface area contributed by atoms with Gasteiger partial charge < -0.3 is 20.9 Å². The summed E-state index contributed by atoms with van der Waals surface area (Å²) >= 11 is 0.844. The van der Waals surface area contributed by atoms with Crippen molar-refractivity contribution < 1.29 is 31.8 Å². The average Bonchev–Trinajstić information content (AvgIpc) is 3.36. The number of ether oxygens (including phenoxy) is 1. The first-order valence-corrected chi connectivity index (χ1v) is 11.6. The van der Waals surface area contributed by atoms with Crippen LogP contribution in [0.5, 0.6) is 0 Å². The summed E-state index contributed by atoms with van der Waals surface area (Å²) in [5.41, 5.74) is 5.46. The first-order valence-electron chi connectivity index (χ1n) is 10.8. The molecule has 0 spiro atoms. The maximum atomic E-state index is 14.5. The van der Waals surface area contributed by atoms with Gasteiger partial charge in [-0.15, -0.1) is 11.3 Å². The summed E-state index contributed by atoms with van der Waals surface area (Å²) in [6, 6.07) is 0.495. The van der Waals surface area contributed by atoms with Crippen molar-refractivity contribution in [3.05, 3.63) is 52.3 Å². The second kappa shape index (κ2) is 9.80. The second-order valence-electron chi connectivity index (χ2n) is 8.47. The summed E-state index contributed by atoms with van der Waals surface area (Å²) in [6.45, 7) is 0.371. The topological polar surface area (TPSA) is 98.2 Å². The number of halogens is 5. The molecule has 1 aliphatic rings. The zero-order valence-electron chi connectivity index (χ0n) is 18.8. The highest BCUT2D eigenvalue weighted by molar-refractivity contribution is 7.13. The van der Waals surface area contributed by atoms with Gasteiger partial charge in [0.05, 0.1) is 29.7 Å². The molecule has 4 rings (SSSR count). The molecule has 0 bridgehead atoms. The predicted octanol–water partition coefficient (Wildman–Crippen LogP) is 4.55. The molecule has 4 N–H and O–H groups in total. The van der Waals surface area contributed by atoms with Gasteiger partial charge in [-0.25, -0.2) is 26.9 Å². The summed E-state index contributed by atoms with van der Waals surface area (Å²) in [6.07, 6.45) is -0.909. The van der Waals surface area contributed by atoms with Crippen molar-refractivity contribution in [2.45, 2.75) is 50.2 Å². The number of anilines is 1. The molecular weight excluding hydrogens is 493 g/mol. The Bertz CT molecular complexity index is 1160. The second-order valence-corrected chi connectivity index (χ2v) is 9.33. The molecule has 2 aromatic heterocycles. The van der Waals surface area contributed by atoms with Gasteiger partial charge in [-0.3, -0.25) is 4.68 Å². The largest absolute Gasteiger partial charge is 0.369 e. The lowest BCUT2D eigenvalue weighted by molar-refractivity contribution is 0.0168. The molecule has 1 fully saturated rings. The van der Waals surface area contributed by atoms with Crippen LogP contribution < -0.4 is 11.1 Å². The number of hydrogen-bond acceptors (Lipinski definition) is 7. The molecule has 1 saturated heterocycles. The number of thiazole rings is 1. The standard InChI is InChI=1S/C22H24F5N5O2S/c1-22(26,27)10-5-11(23)18(12(24)6-10)21-31-16(9-35-21)20(33)30-15-7-29-32(2)19(15)17-4-3-14(28)13(25)8-34-17/h5-7,9,13-14,17,20,30,33H,3-4,8,28H2,1-2H3/t13-,14-,17+,20?/m1/s1. The van der Waals surface area contributed by atoms with Crippen molar-refractivity contribution in [2.75, 3.05) is 11.9 Å². The van der Waals surface area contributed by atoms with Crippen molar-refractivity contribution >= 4 is 17.0 Å². The lowest BCUT2D eigenvalue weighted by atomic mass is 10.0. The molecule has 1 aromatic carbocycles. The van der Waals surface area contributed by atoms with Crippen LogP contribution in [0, 0.1) is 11.6 Å². The van der Waals surface area contributed by atoms with Crippen molar-refractivity contribution in [1.29, 1.82) is 0 Å². The highest BCUT2D eigenvalue weighted by Gasteiger charge is 2.31. The molecule has 1 aliphatic heterocycles. The highest BCUT2D eigenvalue weighted by atomic mass is 32.1. The molecule has 1 unspecified atom stereocenters. The number of alkyl halides is 3. The van der Waals surface area contributed by atoms with Crippen LogP contribution in [-0.2, 0) is 17.7 Å². The van der Waals surface area contributed by atoms with Crippen LogP contribution in [0.15, 0.2) is 23.7 Å². The van der Waals surface area contributed by atoms with Crippen molar-refractivity contribution in [3.63, 3.8) is 0 Å².